The molecule has 1 unspecified atom stereocenters. The standard InChI is InChI=1S/C35H51N3O4/c1-12-29(39)34(8,9)36-21-17-16-18-26(4)37-32(42)25(3)23-27(31(41)33(5,6)7)22-24(2)30(40)35(10,11)38-28-19-14-13-15-20-28/h13-20,22-24,36,38H,12,21H2,1-11H3,(H,37,42)/b17-16-,25-23+,26-18+,27-22+. The molecule has 1 aromatic carbocycles. The molecular weight excluding hydrogens is 526 g/mol. The first-order valence-electron chi connectivity index (χ1n) is 14.6. The number of Topliss-reactive ketones (excluding diaryl/α,β-unsaturated/α-hetero) is 3. The molecule has 1 amide bonds. The van der Waals surface area contributed by atoms with E-state index in [0.29, 0.717) is 29.8 Å². The van der Waals surface area contributed by atoms with Crippen LogP contribution in [0.1, 0.15) is 82.6 Å². The molecule has 0 fully saturated rings. The van der Waals surface area contributed by atoms with Gasteiger partial charge in [-0.3, -0.25) is 19.2 Å². The van der Waals surface area contributed by atoms with Gasteiger partial charge in [-0.2, -0.15) is 0 Å². The van der Waals surface area contributed by atoms with Gasteiger partial charge in [-0.05, 0) is 65.8 Å². The van der Waals surface area contributed by atoms with Crippen molar-refractivity contribution in [3.8, 4) is 0 Å². The molecule has 0 saturated heterocycles. The van der Waals surface area contributed by atoms with Crippen LogP contribution < -0.4 is 16.0 Å². The Morgan fingerprint density at radius 2 is 1.50 bits per heavy atom. The van der Waals surface area contributed by atoms with E-state index in [-0.39, 0.29) is 23.3 Å². The number of carbonyl (C=O) groups excluding carboxylic acids is 4. The topological polar surface area (TPSA) is 104 Å². The monoisotopic (exact) mass is 577 g/mol. The highest BCUT2D eigenvalue weighted by atomic mass is 16.2. The molecule has 230 valence electrons. The minimum atomic E-state index is -0.879. The molecule has 0 radical (unpaired) electrons. The van der Waals surface area contributed by atoms with Gasteiger partial charge in [0.25, 0.3) is 5.91 Å². The fourth-order valence-electron chi connectivity index (χ4n) is 4.23. The predicted molar refractivity (Wildman–Crippen MR) is 173 cm³/mol. The second-order valence-electron chi connectivity index (χ2n) is 12.8. The van der Waals surface area contributed by atoms with Gasteiger partial charge in [0.05, 0.1) is 11.1 Å². The molecule has 0 aliphatic carbocycles. The van der Waals surface area contributed by atoms with Gasteiger partial charge in [-0.25, -0.2) is 0 Å². The maximum Gasteiger partial charge on any atom is 0.251 e. The Morgan fingerprint density at radius 3 is 2.05 bits per heavy atom. The van der Waals surface area contributed by atoms with Gasteiger partial charge < -0.3 is 16.0 Å². The summed E-state index contributed by atoms with van der Waals surface area (Å²) >= 11 is 0. The Morgan fingerprint density at radius 1 is 0.905 bits per heavy atom. The number of ketones is 3. The second kappa shape index (κ2) is 15.6. The van der Waals surface area contributed by atoms with E-state index in [1.807, 2.05) is 91.8 Å². The van der Waals surface area contributed by atoms with Crippen LogP contribution in [0.5, 0.6) is 0 Å². The van der Waals surface area contributed by atoms with E-state index >= 15 is 0 Å². The molecule has 0 aliphatic heterocycles. The molecule has 7 nitrogen and oxygen atoms in total. The van der Waals surface area contributed by atoms with Crippen molar-refractivity contribution < 1.29 is 19.2 Å². The van der Waals surface area contributed by atoms with Crippen molar-refractivity contribution in [1.29, 1.82) is 0 Å². The maximum absolute atomic E-state index is 13.4. The number of carbonyl (C=O) groups is 4. The number of rotatable bonds is 15. The number of amides is 1. The van der Waals surface area contributed by atoms with E-state index in [4.69, 9.17) is 0 Å². The molecule has 0 saturated carbocycles. The summed E-state index contributed by atoms with van der Waals surface area (Å²) in [5, 5.41) is 9.32. The van der Waals surface area contributed by atoms with Crippen LogP contribution in [-0.4, -0.2) is 40.9 Å². The zero-order valence-corrected chi connectivity index (χ0v) is 27.4. The van der Waals surface area contributed by atoms with Crippen molar-refractivity contribution in [2.75, 3.05) is 11.9 Å². The van der Waals surface area contributed by atoms with E-state index in [1.54, 1.807) is 45.1 Å². The van der Waals surface area contributed by atoms with Crippen molar-refractivity contribution in [3.05, 3.63) is 77.6 Å². The summed E-state index contributed by atoms with van der Waals surface area (Å²) in [5.41, 5.74) is -0.0601. The lowest BCUT2D eigenvalue weighted by Gasteiger charge is -2.28. The summed E-state index contributed by atoms with van der Waals surface area (Å²) in [6.45, 7) is 20.3. The first kappa shape index (κ1) is 36.4. The van der Waals surface area contributed by atoms with E-state index in [2.05, 4.69) is 16.0 Å². The fraction of sp³-hybridized carbons (Fsp3) is 0.486. The Bertz CT molecular complexity index is 1240. The van der Waals surface area contributed by atoms with Gasteiger partial charge in [-0.1, -0.05) is 71.0 Å². The number of para-hydroxylation sites is 1. The average Bonchev–Trinajstić information content (AvgIpc) is 2.90. The van der Waals surface area contributed by atoms with Gasteiger partial charge in [0.2, 0.25) is 0 Å². The van der Waals surface area contributed by atoms with Crippen molar-refractivity contribution in [1.82, 2.24) is 10.6 Å². The third-order valence-electron chi connectivity index (χ3n) is 6.84. The number of allylic oxidation sites excluding steroid dienone is 6. The molecule has 3 N–H and O–H groups in total. The third kappa shape index (κ3) is 11.7. The van der Waals surface area contributed by atoms with Gasteiger partial charge in [-0.15, -0.1) is 0 Å². The summed E-state index contributed by atoms with van der Waals surface area (Å²) in [6, 6.07) is 9.50. The Hall–Kier alpha value is -3.58. The molecule has 0 aliphatic rings. The Kier molecular flexibility index (Phi) is 13.5. The lowest BCUT2D eigenvalue weighted by Crippen LogP contribution is -2.46. The first-order valence-corrected chi connectivity index (χ1v) is 14.6. The van der Waals surface area contributed by atoms with Crippen LogP contribution in [0.2, 0.25) is 0 Å². The van der Waals surface area contributed by atoms with Crippen LogP contribution in [0.15, 0.2) is 77.6 Å². The molecule has 1 atom stereocenters. The number of hydrogen-bond acceptors (Lipinski definition) is 6. The SMILES string of the molecule is CCC(=O)C(C)(C)NC/C=C\C=C(/C)NC(=O)/C(C)=C/C(=C\C(C)C(=O)C(C)(C)Nc1ccccc1)C(=O)C(C)(C)C. The first-order chi connectivity index (χ1) is 19.3. The molecule has 0 spiro atoms. The van der Waals surface area contributed by atoms with Gasteiger partial charge >= 0.3 is 0 Å². The van der Waals surface area contributed by atoms with Crippen molar-refractivity contribution >= 4 is 28.9 Å². The van der Waals surface area contributed by atoms with E-state index in [9.17, 15) is 19.2 Å². The lowest BCUT2D eigenvalue weighted by molar-refractivity contribution is -0.125. The van der Waals surface area contributed by atoms with Crippen LogP contribution in [0.3, 0.4) is 0 Å². The third-order valence-corrected chi connectivity index (χ3v) is 6.84. The summed E-state index contributed by atoms with van der Waals surface area (Å²) in [7, 11) is 0. The van der Waals surface area contributed by atoms with Gasteiger partial charge in [0, 0.05) is 46.8 Å². The number of hydrogen-bond donors (Lipinski definition) is 3. The molecule has 0 heterocycles. The number of nitrogens with one attached hydrogen (secondary N) is 3. The van der Waals surface area contributed by atoms with Crippen LogP contribution in [0.25, 0.3) is 0 Å². The predicted octanol–water partition coefficient (Wildman–Crippen LogP) is 6.49. The molecule has 0 bridgehead atoms. The second-order valence-corrected chi connectivity index (χ2v) is 12.8. The zero-order valence-electron chi connectivity index (χ0n) is 27.4. The van der Waals surface area contributed by atoms with Crippen LogP contribution in [0, 0.1) is 11.3 Å². The smallest absolute Gasteiger partial charge is 0.251 e. The zero-order chi connectivity index (χ0) is 32.3. The van der Waals surface area contributed by atoms with Crippen LogP contribution >= 0.6 is 0 Å². The van der Waals surface area contributed by atoms with E-state index in [0.717, 1.165) is 5.69 Å². The van der Waals surface area contributed by atoms with Crippen molar-refractivity contribution in [2.24, 2.45) is 11.3 Å². The number of benzene rings is 1. The Labute approximate surface area is 253 Å². The summed E-state index contributed by atoms with van der Waals surface area (Å²) in [4.78, 5) is 51.7. The quantitative estimate of drug-likeness (QED) is 0.163. The average molecular weight is 578 g/mol. The van der Waals surface area contributed by atoms with Gasteiger partial charge in [0.1, 0.15) is 0 Å². The highest BCUT2D eigenvalue weighted by Crippen LogP contribution is 2.25. The van der Waals surface area contributed by atoms with E-state index < -0.39 is 22.4 Å². The molecule has 0 aromatic heterocycles. The summed E-state index contributed by atoms with van der Waals surface area (Å²) in [5.74, 6) is -1.02. The van der Waals surface area contributed by atoms with Crippen molar-refractivity contribution in [2.45, 2.75) is 93.7 Å². The highest BCUT2D eigenvalue weighted by Gasteiger charge is 2.32. The summed E-state index contributed by atoms with van der Waals surface area (Å²) in [6.07, 6.45) is 9.13. The van der Waals surface area contributed by atoms with Crippen LogP contribution in [0.4, 0.5) is 5.69 Å². The van der Waals surface area contributed by atoms with Crippen molar-refractivity contribution in [3.63, 3.8) is 0 Å². The molecule has 1 rings (SSSR count). The minimum Gasteiger partial charge on any atom is -0.373 e. The lowest BCUT2D eigenvalue weighted by atomic mass is 9.82. The minimum absolute atomic E-state index is 0.0800. The van der Waals surface area contributed by atoms with Crippen LogP contribution in [-0.2, 0) is 19.2 Å². The largest absolute Gasteiger partial charge is 0.373 e. The fourth-order valence-corrected chi connectivity index (χ4v) is 4.23. The molecule has 7 heteroatoms. The number of anilines is 1. The van der Waals surface area contributed by atoms with E-state index in [1.165, 1.54) is 0 Å². The van der Waals surface area contributed by atoms with Gasteiger partial charge in [0.15, 0.2) is 17.3 Å². The highest BCUT2D eigenvalue weighted by molar-refractivity contribution is 6.05. The summed E-state index contributed by atoms with van der Waals surface area (Å²) < 4.78 is 0. The molecule has 1 aromatic rings. The molecule has 42 heavy (non-hydrogen) atoms. The maximum atomic E-state index is 13.4. The Balaban J connectivity index is 3.08. The normalized spacial score (nSPS) is 14.5. The molecular formula is C35H51N3O4.